The van der Waals surface area contributed by atoms with E-state index in [2.05, 4.69) is 24.8 Å². The van der Waals surface area contributed by atoms with Crippen LogP contribution in [0.1, 0.15) is 12.8 Å². The highest BCUT2D eigenvalue weighted by Crippen LogP contribution is 2.29. The fourth-order valence-electron chi connectivity index (χ4n) is 4.05. The number of anilines is 2. The molecule has 8 heteroatoms. The summed E-state index contributed by atoms with van der Waals surface area (Å²) in [4.78, 5) is 22.6. The molecule has 2 fully saturated rings. The third-order valence-electron chi connectivity index (χ3n) is 5.79. The van der Waals surface area contributed by atoms with Crippen LogP contribution < -0.4 is 14.5 Å². The van der Waals surface area contributed by atoms with Gasteiger partial charge < -0.3 is 19.3 Å². The molecule has 0 saturated carbocycles. The van der Waals surface area contributed by atoms with Crippen LogP contribution in [0.2, 0.25) is 0 Å². The van der Waals surface area contributed by atoms with Gasteiger partial charge in [-0.3, -0.25) is 4.98 Å². The van der Waals surface area contributed by atoms with E-state index in [-0.39, 0.29) is 0 Å². The van der Waals surface area contributed by atoms with Crippen molar-refractivity contribution >= 4 is 22.7 Å². The highest BCUT2D eigenvalue weighted by atomic mass is 16.5. The number of piperidine rings is 1. The highest BCUT2D eigenvalue weighted by Gasteiger charge is 2.22. The monoisotopic (exact) mass is 406 g/mol. The molecule has 0 unspecified atom stereocenters. The first-order valence-corrected chi connectivity index (χ1v) is 10.6. The molecule has 30 heavy (non-hydrogen) atoms. The summed E-state index contributed by atoms with van der Waals surface area (Å²) in [6.07, 6.45) is 7.51. The third kappa shape index (κ3) is 4.14. The van der Waals surface area contributed by atoms with Gasteiger partial charge in [-0.25, -0.2) is 9.97 Å². The Morgan fingerprint density at radius 3 is 2.50 bits per heavy atom. The van der Waals surface area contributed by atoms with Crippen LogP contribution >= 0.6 is 0 Å². The Kier molecular flexibility index (Phi) is 5.56. The fraction of sp³-hybridized carbons (Fsp3) is 0.455. The topological polar surface area (TPSA) is 76.5 Å². The molecule has 0 aromatic carbocycles. The van der Waals surface area contributed by atoms with Crippen LogP contribution in [0.15, 0.2) is 42.9 Å². The molecule has 2 saturated heterocycles. The summed E-state index contributed by atoms with van der Waals surface area (Å²) in [6, 6.07) is 7.86. The first-order chi connectivity index (χ1) is 14.9. The molecule has 3 aromatic heterocycles. The van der Waals surface area contributed by atoms with E-state index < -0.39 is 0 Å². The number of hydrogen-bond donors (Lipinski definition) is 0. The zero-order valence-electron chi connectivity index (χ0n) is 17.0. The van der Waals surface area contributed by atoms with Crippen LogP contribution in [0, 0.1) is 5.92 Å². The lowest BCUT2D eigenvalue weighted by Crippen LogP contribution is -2.37. The standard InChI is InChI=1S/C22H26N6O2/c1-3-18-19(23-6-1)15-20(27-11-13-29-14-12-27)26-21(18)30-16-17-4-9-28(10-5-17)22-24-7-2-8-25-22/h1-3,6-8,15,17H,4-5,9-14,16H2. The van der Waals surface area contributed by atoms with Crippen molar-refractivity contribution in [3.05, 3.63) is 42.9 Å². The normalized spacial score (nSPS) is 18.0. The average molecular weight is 406 g/mol. The SMILES string of the molecule is c1cnc(N2CCC(COc3nc(N4CCOCC4)cc4ncccc34)CC2)nc1. The smallest absolute Gasteiger partial charge is 0.225 e. The molecule has 3 aromatic rings. The summed E-state index contributed by atoms with van der Waals surface area (Å²) in [5, 5.41) is 0.963. The van der Waals surface area contributed by atoms with E-state index in [1.165, 1.54) is 0 Å². The minimum absolute atomic E-state index is 0.491. The summed E-state index contributed by atoms with van der Waals surface area (Å²) >= 11 is 0. The molecule has 0 aliphatic carbocycles. The zero-order valence-corrected chi connectivity index (χ0v) is 17.0. The quantitative estimate of drug-likeness (QED) is 0.640. The molecule has 0 bridgehead atoms. The summed E-state index contributed by atoms with van der Waals surface area (Å²) in [5.41, 5.74) is 0.917. The van der Waals surface area contributed by atoms with Gasteiger partial charge in [-0.2, -0.15) is 4.98 Å². The molecule has 5 heterocycles. The number of aromatic nitrogens is 4. The van der Waals surface area contributed by atoms with Gasteiger partial charge in [-0.05, 0) is 37.0 Å². The van der Waals surface area contributed by atoms with Crippen molar-refractivity contribution < 1.29 is 9.47 Å². The van der Waals surface area contributed by atoms with Crippen molar-refractivity contribution in [3.63, 3.8) is 0 Å². The number of ether oxygens (including phenoxy) is 2. The van der Waals surface area contributed by atoms with Gasteiger partial charge in [0.2, 0.25) is 11.8 Å². The molecule has 0 N–H and O–H groups in total. The highest BCUT2D eigenvalue weighted by molar-refractivity contribution is 5.85. The van der Waals surface area contributed by atoms with Gasteiger partial charge in [-0.15, -0.1) is 0 Å². The Labute approximate surface area is 175 Å². The lowest BCUT2D eigenvalue weighted by molar-refractivity contribution is 0.122. The molecule has 0 radical (unpaired) electrons. The van der Waals surface area contributed by atoms with Crippen molar-refractivity contribution in [2.45, 2.75) is 12.8 Å². The first-order valence-electron chi connectivity index (χ1n) is 10.6. The van der Waals surface area contributed by atoms with E-state index in [0.717, 1.165) is 74.9 Å². The van der Waals surface area contributed by atoms with Gasteiger partial charge in [0.15, 0.2) is 0 Å². The lowest BCUT2D eigenvalue weighted by atomic mass is 9.98. The summed E-state index contributed by atoms with van der Waals surface area (Å²) < 4.78 is 11.7. The van der Waals surface area contributed by atoms with E-state index in [0.29, 0.717) is 18.4 Å². The van der Waals surface area contributed by atoms with E-state index in [1.54, 1.807) is 12.4 Å². The molecule has 8 nitrogen and oxygen atoms in total. The van der Waals surface area contributed by atoms with Gasteiger partial charge >= 0.3 is 0 Å². The Bertz CT molecular complexity index is 972. The maximum atomic E-state index is 6.27. The lowest BCUT2D eigenvalue weighted by Gasteiger charge is -2.32. The molecule has 2 aliphatic rings. The number of morpholine rings is 1. The minimum Gasteiger partial charge on any atom is -0.477 e. The number of rotatable bonds is 5. The third-order valence-corrected chi connectivity index (χ3v) is 5.79. The van der Waals surface area contributed by atoms with Gasteiger partial charge in [0, 0.05) is 50.8 Å². The predicted molar refractivity (Wildman–Crippen MR) is 115 cm³/mol. The zero-order chi connectivity index (χ0) is 20.2. The summed E-state index contributed by atoms with van der Waals surface area (Å²) in [7, 11) is 0. The second-order valence-electron chi connectivity index (χ2n) is 7.75. The van der Waals surface area contributed by atoms with Gasteiger partial charge in [-0.1, -0.05) is 0 Å². The Morgan fingerprint density at radius 1 is 0.933 bits per heavy atom. The number of nitrogens with zero attached hydrogens (tertiary/aromatic N) is 6. The van der Waals surface area contributed by atoms with E-state index >= 15 is 0 Å². The van der Waals surface area contributed by atoms with Gasteiger partial charge in [0.05, 0.1) is 30.7 Å². The van der Waals surface area contributed by atoms with E-state index in [9.17, 15) is 0 Å². The maximum absolute atomic E-state index is 6.27. The predicted octanol–water partition coefficient (Wildman–Crippen LogP) is 2.55. The van der Waals surface area contributed by atoms with Crippen molar-refractivity contribution in [1.82, 2.24) is 19.9 Å². The van der Waals surface area contributed by atoms with Crippen LogP contribution in [-0.2, 0) is 4.74 Å². The van der Waals surface area contributed by atoms with Gasteiger partial charge in [0.1, 0.15) is 5.82 Å². The number of fused-ring (bicyclic) bond motifs is 1. The molecule has 0 atom stereocenters. The molecule has 2 aliphatic heterocycles. The maximum Gasteiger partial charge on any atom is 0.225 e. The van der Waals surface area contributed by atoms with Crippen LogP contribution in [0.4, 0.5) is 11.8 Å². The van der Waals surface area contributed by atoms with Crippen molar-refractivity contribution in [1.29, 1.82) is 0 Å². The number of hydrogen-bond acceptors (Lipinski definition) is 8. The number of pyridine rings is 2. The van der Waals surface area contributed by atoms with Gasteiger partial charge in [0.25, 0.3) is 0 Å². The van der Waals surface area contributed by atoms with Crippen LogP contribution in [0.25, 0.3) is 10.9 Å². The van der Waals surface area contributed by atoms with Crippen LogP contribution in [0.3, 0.4) is 0 Å². The second-order valence-corrected chi connectivity index (χ2v) is 7.75. The van der Waals surface area contributed by atoms with Crippen molar-refractivity contribution in [2.75, 3.05) is 55.8 Å². The molecule has 5 rings (SSSR count). The van der Waals surface area contributed by atoms with Crippen LogP contribution in [-0.4, -0.2) is 65.9 Å². The van der Waals surface area contributed by atoms with Crippen molar-refractivity contribution in [3.8, 4) is 5.88 Å². The summed E-state index contributed by atoms with van der Waals surface area (Å²) in [6.45, 7) is 5.68. The Morgan fingerprint density at radius 2 is 1.70 bits per heavy atom. The largest absolute Gasteiger partial charge is 0.477 e. The van der Waals surface area contributed by atoms with E-state index in [1.807, 2.05) is 30.5 Å². The molecular weight excluding hydrogens is 380 g/mol. The first kappa shape index (κ1) is 19.0. The second kappa shape index (κ2) is 8.79. The minimum atomic E-state index is 0.491. The molecule has 0 spiro atoms. The van der Waals surface area contributed by atoms with Crippen molar-refractivity contribution in [2.24, 2.45) is 5.92 Å². The van der Waals surface area contributed by atoms with E-state index in [4.69, 9.17) is 14.5 Å². The molecule has 156 valence electrons. The molecular formula is C22H26N6O2. The van der Waals surface area contributed by atoms with Crippen LogP contribution in [0.5, 0.6) is 5.88 Å². The Balaban J connectivity index is 1.27. The molecule has 0 amide bonds. The fourth-order valence-corrected chi connectivity index (χ4v) is 4.05. The Hall–Kier alpha value is -3.00. The average Bonchev–Trinajstić information content (AvgIpc) is 2.84. The summed E-state index contributed by atoms with van der Waals surface area (Å²) in [5.74, 6) is 2.89.